The number of furan rings is 3. The fourth-order valence-corrected chi connectivity index (χ4v) is 7.11. The summed E-state index contributed by atoms with van der Waals surface area (Å²) in [6.45, 7) is 0. The summed E-state index contributed by atoms with van der Waals surface area (Å²) in [4.78, 5) is 2.30. The van der Waals surface area contributed by atoms with E-state index in [2.05, 4.69) is 108 Å². The molecule has 0 spiro atoms. The number of fused-ring (bicyclic) bond motifs is 10. The first kappa shape index (κ1) is 25.1. The Bertz CT molecular complexity index is 2710. The Morgan fingerprint density at radius 1 is 0.348 bits per heavy atom. The van der Waals surface area contributed by atoms with Crippen molar-refractivity contribution in [2.24, 2.45) is 0 Å². The molecule has 7 aromatic carbocycles. The third-order valence-corrected chi connectivity index (χ3v) is 9.07. The van der Waals surface area contributed by atoms with Crippen molar-refractivity contribution < 1.29 is 13.3 Å². The fourth-order valence-electron chi connectivity index (χ4n) is 7.11. The SMILES string of the molecule is c1ccc(N(c2ccccc2)c2ccc3c(oc4ccc5oc6ccccc6c5c43)c2-c2cccc3c2oc2ccccc23)cc1. The molecule has 0 bridgehead atoms. The molecule has 0 radical (unpaired) electrons. The van der Waals surface area contributed by atoms with E-state index in [9.17, 15) is 0 Å². The molecule has 0 saturated heterocycles. The number of para-hydroxylation sites is 5. The standard InChI is InChI=1S/C42H25NO3/c1-3-12-26(13-4-1)43(27-14-5-2-6-15-27)33-23-22-32-40-37(25-24-36-39(40)30-17-8-10-21-35(30)44-36)46-42(32)38(33)31-19-11-18-29-28-16-7-9-20-34(28)45-41(29)31/h1-25H. The Hall–Kier alpha value is -6.26. The molecular formula is C42H25NO3. The summed E-state index contributed by atoms with van der Waals surface area (Å²) in [5.74, 6) is 0. The summed E-state index contributed by atoms with van der Waals surface area (Å²) in [6.07, 6.45) is 0. The third-order valence-electron chi connectivity index (χ3n) is 9.07. The molecule has 216 valence electrons. The fraction of sp³-hybridized carbons (Fsp3) is 0. The van der Waals surface area contributed by atoms with Crippen molar-refractivity contribution in [2.45, 2.75) is 0 Å². The summed E-state index contributed by atoms with van der Waals surface area (Å²) < 4.78 is 19.9. The molecule has 0 saturated carbocycles. The zero-order valence-electron chi connectivity index (χ0n) is 24.6. The van der Waals surface area contributed by atoms with Crippen LogP contribution in [0.4, 0.5) is 17.1 Å². The first-order valence-corrected chi connectivity index (χ1v) is 15.4. The van der Waals surface area contributed by atoms with Crippen molar-refractivity contribution in [3.05, 3.63) is 152 Å². The van der Waals surface area contributed by atoms with E-state index in [1.807, 2.05) is 48.5 Å². The molecule has 0 N–H and O–H groups in total. The highest BCUT2D eigenvalue weighted by molar-refractivity contribution is 6.28. The van der Waals surface area contributed by atoms with E-state index in [0.717, 1.165) is 94.0 Å². The molecule has 0 amide bonds. The lowest BCUT2D eigenvalue weighted by Gasteiger charge is -2.28. The molecular weight excluding hydrogens is 566 g/mol. The number of anilines is 3. The average Bonchev–Trinajstić information content (AvgIpc) is 3.80. The number of hydrogen-bond donors (Lipinski definition) is 0. The van der Waals surface area contributed by atoms with Crippen LogP contribution in [0.2, 0.25) is 0 Å². The van der Waals surface area contributed by atoms with Crippen LogP contribution >= 0.6 is 0 Å². The molecule has 4 heteroatoms. The van der Waals surface area contributed by atoms with Crippen molar-refractivity contribution in [1.82, 2.24) is 0 Å². The van der Waals surface area contributed by atoms with Crippen molar-refractivity contribution >= 4 is 82.9 Å². The maximum absolute atomic E-state index is 6.94. The van der Waals surface area contributed by atoms with Gasteiger partial charge in [0.25, 0.3) is 0 Å². The second-order valence-electron chi connectivity index (χ2n) is 11.6. The average molecular weight is 592 g/mol. The number of benzene rings is 7. The highest BCUT2D eigenvalue weighted by Gasteiger charge is 2.26. The van der Waals surface area contributed by atoms with Crippen LogP contribution in [0, 0.1) is 0 Å². The lowest BCUT2D eigenvalue weighted by molar-refractivity contribution is 0.662. The molecule has 0 atom stereocenters. The van der Waals surface area contributed by atoms with Crippen LogP contribution < -0.4 is 4.90 Å². The Kier molecular flexibility index (Phi) is 5.25. The summed E-state index contributed by atoms with van der Waals surface area (Å²) in [7, 11) is 0. The van der Waals surface area contributed by atoms with E-state index in [0.29, 0.717) is 0 Å². The van der Waals surface area contributed by atoms with Gasteiger partial charge >= 0.3 is 0 Å². The van der Waals surface area contributed by atoms with Gasteiger partial charge < -0.3 is 18.2 Å². The van der Waals surface area contributed by atoms with Gasteiger partial charge in [-0.15, -0.1) is 0 Å². The van der Waals surface area contributed by atoms with Gasteiger partial charge in [-0.2, -0.15) is 0 Å². The van der Waals surface area contributed by atoms with Crippen LogP contribution in [0.15, 0.2) is 165 Å². The zero-order valence-corrected chi connectivity index (χ0v) is 24.6. The Balaban J connectivity index is 1.39. The maximum atomic E-state index is 6.94. The number of rotatable bonds is 4. The van der Waals surface area contributed by atoms with E-state index in [-0.39, 0.29) is 0 Å². The van der Waals surface area contributed by atoms with Crippen LogP contribution in [-0.2, 0) is 0 Å². The topological polar surface area (TPSA) is 42.7 Å². The quantitative estimate of drug-likeness (QED) is 0.204. The minimum absolute atomic E-state index is 0.801. The van der Waals surface area contributed by atoms with E-state index >= 15 is 0 Å². The highest BCUT2D eigenvalue weighted by Crippen LogP contribution is 2.50. The summed E-state index contributed by atoms with van der Waals surface area (Å²) in [5.41, 5.74) is 10.0. The van der Waals surface area contributed by atoms with Gasteiger partial charge in [0.15, 0.2) is 0 Å². The van der Waals surface area contributed by atoms with Gasteiger partial charge in [-0.1, -0.05) is 91.0 Å². The van der Waals surface area contributed by atoms with Crippen molar-refractivity contribution in [2.75, 3.05) is 4.90 Å². The Labute approximate surface area is 263 Å². The monoisotopic (exact) mass is 591 g/mol. The van der Waals surface area contributed by atoms with Gasteiger partial charge in [-0.05, 0) is 60.7 Å². The van der Waals surface area contributed by atoms with Gasteiger partial charge in [0.05, 0.1) is 11.3 Å². The predicted octanol–water partition coefficient (Wildman–Crippen LogP) is 12.5. The number of nitrogens with zero attached hydrogens (tertiary/aromatic N) is 1. The molecule has 3 aromatic heterocycles. The second-order valence-corrected chi connectivity index (χ2v) is 11.6. The van der Waals surface area contributed by atoms with Crippen LogP contribution in [0.1, 0.15) is 0 Å². The molecule has 0 aliphatic carbocycles. The van der Waals surface area contributed by atoms with Crippen molar-refractivity contribution in [3.63, 3.8) is 0 Å². The lowest BCUT2D eigenvalue weighted by atomic mass is 9.96. The predicted molar refractivity (Wildman–Crippen MR) is 188 cm³/mol. The van der Waals surface area contributed by atoms with E-state index in [4.69, 9.17) is 13.3 Å². The van der Waals surface area contributed by atoms with E-state index in [1.54, 1.807) is 0 Å². The lowest BCUT2D eigenvalue weighted by Crippen LogP contribution is -2.11. The summed E-state index contributed by atoms with van der Waals surface area (Å²) >= 11 is 0. The third kappa shape index (κ3) is 3.55. The zero-order chi connectivity index (χ0) is 30.2. The van der Waals surface area contributed by atoms with Crippen LogP contribution in [-0.4, -0.2) is 0 Å². The van der Waals surface area contributed by atoms with Crippen LogP contribution in [0.5, 0.6) is 0 Å². The molecule has 10 aromatic rings. The number of hydrogen-bond acceptors (Lipinski definition) is 4. The molecule has 10 rings (SSSR count). The first-order chi connectivity index (χ1) is 22.8. The molecule has 0 aliphatic heterocycles. The van der Waals surface area contributed by atoms with E-state index < -0.39 is 0 Å². The molecule has 0 aliphatic rings. The Morgan fingerprint density at radius 2 is 0.913 bits per heavy atom. The van der Waals surface area contributed by atoms with Crippen molar-refractivity contribution in [1.29, 1.82) is 0 Å². The first-order valence-electron chi connectivity index (χ1n) is 15.4. The smallest absolute Gasteiger partial charge is 0.145 e. The van der Waals surface area contributed by atoms with Crippen LogP contribution in [0.25, 0.3) is 76.9 Å². The van der Waals surface area contributed by atoms with Gasteiger partial charge in [0.1, 0.15) is 33.5 Å². The maximum Gasteiger partial charge on any atom is 0.145 e. The minimum Gasteiger partial charge on any atom is -0.456 e. The molecule has 0 fully saturated rings. The van der Waals surface area contributed by atoms with Gasteiger partial charge in [-0.25, -0.2) is 0 Å². The minimum atomic E-state index is 0.801. The normalized spacial score (nSPS) is 11.9. The van der Waals surface area contributed by atoms with Crippen LogP contribution in [0.3, 0.4) is 0 Å². The molecule has 3 heterocycles. The largest absolute Gasteiger partial charge is 0.456 e. The summed E-state index contributed by atoms with van der Waals surface area (Å²) in [5, 5.41) is 6.38. The molecule has 46 heavy (non-hydrogen) atoms. The van der Waals surface area contributed by atoms with E-state index in [1.165, 1.54) is 0 Å². The van der Waals surface area contributed by atoms with Gasteiger partial charge in [-0.3, -0.25) is 0 Å². The second kappa shape index (κ2) is 9.62. The Morgan fingerprint density at radius 3 is 1.65 bits per heavy atom. The highest BCUT2D eigenvalue weighted by atomic mass is 16.3. The van der Waals surface area contributed by atoms with Gasteiger partial charge in [0.2, 0.25) is 0 Å². The summed E-state index contributed by atoms with van der Waals surface area (Å²) in [6, 6.07) is 52.2. The van der Waals surface area contributed by atoms with Gasteiger partial charge in [0, 0.05) is 49.3 Å². The van der Waals surface area contributed by atoms with Crippen molar-refractivity contribution in [3.8, 4) is 11.1 Å². The molecule has 0 unspecified atom stereocenters. The molecule has 4 nitrogen and oxygen atoms in total.